The minimum Gasteiger partial charge on any atom is -0.481 e. The van der Waals surface area contributed by atoms with Crippen LogP contribution in [0.25, 0.3) is 21.9 Å². The molecule has 1 saturated carbocycles. The average molecular weight is 389 g/mol. The normalized spacial score (nSPS) is 14.0. The quantitative estimate of drug-likeness (QED) is 0.485. The second-order valence-electron chi connectivity index (χ2n) is 7.14. The molecule has 0 amide bonds. The van der Waals surface area contributed by atoms with E-state index in [0.29, 0.717) is 23.3 Å². The van der Waals surface area contributed by atoms with Crippen LogP contribution in [0.15, 0.2) is 59.9 Å². The van der Waals surface area contributed by atoms with Gasteiger partial charge in [0.2, 0.25) is 0 Å². The molecule has 28 heavy (non-hydrogen) atoms. The van der Waals surface area contributed by atoms with E-state index in [1.165, 1.54) is 46.5 Å². The molecule has 5 rings (SSSR count). The minimum absolute atomic E-state index is 0.0231. The topological polar surface area (TPSA) is 68.0 Å². The largest absolute Gasteiger partial charge is 0.481 e. The number of aliphatic carboxylic acids is 1. The van der Waals surface area contributed by atoms with Crippen molar-refractivity contribution >= 4 is 39.7 Å². The molecule has 0 bridgehead atoms. The van der Waals surface area contributed by atoms with Crippen molar-refractivity contribution in [1.29, 1.82) is 0 Å². The highest BCUT2D eigenvalue weighted by Gasteiger charge is 2.25. The molecule has 1 aliphatic rings. The number of hydrogen-bond donors (Lipinski definition) is 1. The van der Waals surface area contributed by atoms with Gasteiger partial charge in [-0.05, 0) is 52.8 Å². The summed E-state index contributed by atoms with van der Waals surface area (Å²) in [5.74, 6) is -0.181. The molecule has 0 saturated heterocycles. The molecule has 1 aliphatic carbocycles. The van der Waals surface area contributed by atoms with Crippen LogP contribution in [-0.4, -0.2) is 31.4 Å². The zero-order chi connectivity index (χ0) is 19.1. The summed E-state index contributed by atoms with van der Waals surface area (Å²) >= 11 is 1.24. The summed E-state index contributed by atoms with van der Waals surface area (Å²) in [6.07, 6.45) is 4.26. The molecule has 2 aromatic heterocycles. The molecule has 6 heteroatoms. The molecule has 0 aliphatic heterocycles. The Morgan fingerprint density at radius 3 is 2.71 bits per heavy atom. The molecule has 0 radical (unpaired) electrons. The average Bonchev–Trinajstić information content (AvgIpc) is 3.49. The smallest absolute Gasteiger partial charge is 0.313 e. The van der Waals surface area contributed by atoms with Crippen LogP contribution in [0.3, 0.4) is 0 Å². The Morgan fingerprint density at radius 1 is 1.11 bits per heavy atom. The van der Waals surface area contributed by atoms with Crippen molar-refractivity contribution in [3.8, 4) is 0 Å². The van der Waals surface area contributed by atoms with Gasteiger partial charge in [-0.25, -0.2) is 9.97 Å². The van der Waals surface area contributed by atoms with Gasteiger partial charge in [0.15, 0.2) is 10.8 Å². The van der Waals surface area contributed by atoms with Crippen molar-refractivity contribution < 1.29 is 9.90 Å². The van der Waals surface area contributed by atoms with Gasteiger partial charge >= 0.3 is 5.97 Å². The van der Waals surface area contributed by atoms with Crippen molar-refractivity contribution in [2.75, 3.05) is 5.75 Å². The number of carboxylic acids is 1. The Labute approximate surface area is 166 Å². The monoisotopic (exact) mass is 389 g/mol. The number of thioether (sulfide) groups is 1. The molecule has 0 spiro atoms. The lowest BCUT2D eigenvalue weighted by Crippen LogP contribution is -2.05. The maximum absolute atomic E-state index is 11.1. The Morgan fingerprint density at radius 2 is 1.93 bits per heavy atom. The zero-order valence-electron chi connectivity index (χ0n) is 15.2. The number of carboxylic acid groups (broad SMARTS) is 1. The van der Waals surface area contributed by atoms with Crippen molar-refractivity contribution in [3.63, 3.8) is 0 Å². The van der Waals surface area contributed by atoms with Gasteiger partial charge in [-0.3, -0.25) is 4.79 Å². The summed E-state index contributed by atoms with van der Waals surface area (Å²) in [5.41, 5.74) is 4.22. The molecular weight excluding hydrogens is 370 g/mol. The molecule has 1 fully saturated rings. The number of hydrogen-bond acceptors (Lipinski definition) is 4. The first-order valence-electron chi connectivity index (χ1n) is 9.37. The summed E-state index contributed by atoms with van der Waals surface area (Å²) in [6, 6.07) is 16.9. The number of imidazole rings is 1. The molecule has 0 unspecified atom stereocenters. The lowest BCUT2D eigenvalue weighted by atomic mass is 9.97. The highest BCUT2D eigenvalue weighted by molar-refractivity contribution is 7.99. The molecule has 0 atom stereocenters. The van der Waals surface area contributed by atoms with Crippen LogP contribution < -0.4 is 0 Å². The molecular formula is C22H19N3O2S. The summed E-state index contributed by atoms with van der Waals surface area (Å²) in [5, 5.41) is 12.4. The second-order valence-corrected chi connectivity index (χ2v) is 8.09. The maximum Gasteiger partial charge on any atom is 0.313 e. The van der Waals surface area contributed by atoms with Crippen molar-refractivity contribution in [3.05, 3.63) is 65.9 Å². The number of aromatic nitrogens is 3. The predicted molar refractivity (Wildman–Crippen MR) is 111 cm³/mol. The molecule has 2 heterocycles. The van der Waals surface area contributed by atoms with Gasteiger partial charge in [0, 0.05) is 6.20 Å². The first kappa shape index (κ1) is 17.3. The van der Waals surface area contributed by atoms with E-state index in [9.17, 15) is 4.79 Å². The van der Waals surface area contributed by atoms with Crippen LogP contribution in [0.4, 0.5) is 0 Å². The van der Waals surface area contributed by atoms with E-state index in [2.05, 4.69) is 50.9 Å². The van der Waals surface area contributed by atoms with E-state index in [-0.39, 0.29) is 5.75 Å². The SMILES string of the molecule is O=C(O)CSc1nc2ncccc2n1Cc1ccc(C2CC2)c2ccccc12. The first-order chi connectivity index (χ1) is 13.7. The van der Waals surface area contributed by atoms with Gasteiger partial charge < -0.3 is 9.67 Å². The van der Waals surface area contributed by atoms with E-state index in [1.807, 2.05) is 12.1 Å². The van der Waals surface area contributed by atoms with Gasteiger partial charge in [0.25, 0.3) is 0 Å². The van der Waals surface area contributed by atoms with E-state index in [0.717, 1.165) is 5.52 Å². The molecule has 1 N–H and O–H groups in total. The Hall–Kier alpha value is -2.86. The van der Waals surface area contributed by atoms with Gasteiger partial charge in [-0.15, -0.1) is 0 Å². The second kappa shape index (κ2) is 6.95. The van der Waals surface area contributed by atoms with Gasteiger partial charge in [0.05, 0.1) is 17.8 Å². The van der Waals surface area contributed by atoms with E-state index < -0.39 is 5.97 Å². The van der Waals surface area contributed by atoms with Crippen LogP contribution in [0.5, 0.6) is 0 Å². The maximum atomic E-state index is 11.1. The summed E-state index contributed by atoms with van der Waals surface area (Å²) in [7, 11) is 0. The van der Waals surface area contributed by atoms with Gasteiger partial charge in [-0.1, -0.05) is 48.2 Å². The standard InChI is InChI=1S/C22H19N3O2S/c26-20(27)13-28-22-24-21-19(6-3-11-23-21)25(22)12-15-9-10-17(14-7-8-14)18-5-2-1-4-16(15)18/h1-6,9-11,14H,7-8,12-13H2,(H,26,27). The lowest BCUT2D eigenvalue weighted by Gasteiger charge is -2.13. The molecule has 140 valence electrons. The minimum atomic E-state index is -0.851. The third kappa shape index (κ3) is 3.14. The number of pyridine rings is 1. The summed E-state index contributed by atoms with van der Waals surface area (Å²) < 4.78 is 2.08. The summed E-state index contributed by atoms with van der Waals surface area (Å²) in [4.78, 5) is 20.0. The molecule has 5 nitrogen and oxygen atoms in total. The Kier molecular flexibility index (Phi) is 4.28. The van der Waals surface area contributed by atoms with Crippen molar-refractivity contribution in [2.24, 2.45) is 0 Å². The van der Waals surface area contributed by atoms with Crippen LogP contribution in [0.1, 0.15) is 29.9 Å². The molecule has 4 aromatic rings. The third-order valence-corrected chi connectivity index (χ3v) is 6.17. The van der Waals surface area contributed by atoms with E-state index in [1.54, 1.807) is 6.20 Å². The van der Waals surface area contributed by atoms with E-state index >= 15 is 0 Å². The number of benzene rings is 2. The van der Waals surface area contributed by atoms with Crippen molar-refractivity contribution in [1.82, 2.24) is 14.5 Å². The number of fused-ring (bicyclic) bond motifs is 2. The first-order valence-corrected chi connectivity index (χ1v) is 10.4. The fourth-order valence-electron chi connectivity index (χ4n) is 3.77. The number of nitrogens with zero attached hydrogens (tertiary/aromatic N) is 3. The van der Waals surface area contributed by atoms with Gasteiger partial charge in [0.1, 0.15) is 0 Å². The molecule has 2 aromatic carbocycles. The zero-order valence-corrected chi connectivity index (χ0v) is 16.0. The summed E-state index contributed by atoms with van der Waals surface area (Å²) in [6.45, 7) is 0.635. The Bertz CT molecular complexity index is 1200. The van der Waals surface area contributed by atoms with Gasteiger partial charge in [-0.2, -0.15) is 0 Å². The van der Waals surface area contributed by atoms with Crippen LogP contribution in [0.2, 0.25) is 0 Å². The number of rotatable bonds is 6. The fraction of sp³-hybridized carbons (Fsp3) is 0.227. The fourth-order valence-corrected chi connectivity index (χ4v) is 4.49. The van der Waals surface area contributed by atoms with Crippen LogP contribution in [0, 0.1) is 0 Å². The highest BCUT2D eigenvalue weighted by atomic mass is 32.2. The number of carbonyl (C=O) groups is 1. The van der Waals surface area contributed by atoms with E-state index in [4.69, 9.17) is 5.11 Å². The Balaban J connectivity index is 1.61. The third-order valence-electron chi connectivity index (χ3n) is 5.21. The van der Waals surface area contributed by atoms with Crippen LogP contribution >= 0.6 is 11.8 Å². The lowest BCUT2D eigenvalue weighted by molar-refractivity contribution is -0.133. The van der Waals surface area contributed by atoms with Crippen LogP contribution in [-0.2, 0) is 11.3 Å². The predicted octanol–water partition coefficient (Wildman–Crippen LogP) is 4.69. The van der Waals surface area contributed by atoms with Crippen molar-refractivity contribution in [2.45, 2.75) is 30.5 Å². The highest BCUT2D eigenvalue weighted by Crippen LogP contribution is 2.43.